The van der Waals surface area contributed by atoms with Crippen molar-refractivity contribution in [1.82, 2.24) is 14.8 Å². The van der Waals surface area contributed by atoms with Crippen LogP contribution in [0.15, 0.2) is 47.6 Å². The largest absolute Gasteiger partial charge is 0.496 e. The highest BCUT2D eigenvalue weighted by atomic mass is 35.5. The Hall–Kier alpha value is -2.22. The van der Waals surface area contributed by atoms with Gasteiger partial charge in [0.25, 0.3) is 0 Å². The average Bonchev–Trinajstić information content (AvgIpc) is 3.04. The minimum atomic E-state index is -0.427. The summed E-state index contributed by atoms with van der Waals surface area (Å²) >= 11 is 13.4. The molecule has 1 atom stereocenters. The zero-order valence-corrected chi connectivity index (χ0v) is 17.8. The number of benzene rings is 2. The zero-order chi connectivity index (χ0) is 20.3. The van der Waals surface area contributed by atoms with E-state index in [1.54, 1.807) is 32.2 Å². The Morgan fingerprint density at radius 3 is 2.71 bits per heavy atom. The molecule has 6 nitrogen and oxygen atoms in total. The molecule has 0 spiro atoms. The third-order valence-electron chi connectivity index (χ3n) is 4.02. The maximum absolute atomic E-state index is 12.6. The Labute approximate surface area is 177 Å². The topological polar surface area (TPSA) is 69.0 Å². The lowest BCUT2D eigenvalue weighted by Gasteiger charge is -2.13. The summed E-state index contributed by atoms with van der Waals surface area (Å²) in [6.45, 7) is 1.79. The third-order valence-corrected chi connectivity index (χ3v) is 5.72. The van der Waals surface area contributed by atoms with Gasteiger partial charge >= 0.3 is 0 Å². The summed E-state index contributed by atoms with van der Waals surface area (Å²) in [6.07, 6.45) is 0. The lowest BCUT2D eigenvalue weighted by Crippen LogP contribution is -2.23. The zero-order valence-electron chi connectivity index (χ0n) is 15.4. The predicted molar refractivity (Wildman–Crippen MR) is 113 cm³/mol. The average molecular weight is 437 g/mol. The van der Waals surface area contributed by atoms with Gasteiger partial charge in [0.2, 0.25) is 5.91 Å². The van der Waals surface area contributed by atoms with E-state index in [1.165, 1.54) is 11.8 Å². The van der Waals surface area contributed by atoms with Crippen molar-refractivity contribution in [3.05, 3.63) is 52.5 Å². The first kappa shape index (κ1) is 20.5. The van der Waals surface area contributed by atoms with Crippen LogP contribution in [0.2, 0.25) is 10.0 Å². The Morgan fingerprint density at radius 2 is 1.96 bits per heavy atom. The van der Waals surface area contributed by atoms with Crippen LogP contribution in [-0.4, -0.2) is 33.0 Å². The number of aromatic nitrogens is 3. The van der Waals surface area contributed by atoms with E-state index in [4.69, 9.17) is 27.9 Å². The number of methoxy groups -OCH3 is 1. The van der Waals surface area contributed by atoms with Crippen molar-refractivity contribution in [1.29, 1.82) is 0 Å². The molecule has 1 aromatic heterocycles. The number of thioether (sulfide) groups is 1. The standard InChI is InChI=1S/C19H18Cl2N4O2S/c1-11(18(26)22-15-10-12(20)8-9-14(15)21)28-19-24-23-17(25(19)2)13-6-4-5-7-16(13)27-3/h4-11H,1-3H3,(H,22,26). The van der Waals surface area contributed by atoms with E-state index in [0.717, 1.165) is 5.56 Å². The molecule has 3 aromatic rings. The molecule has 0 fully saturated rings. The fraction of sp³-hybridized carbons (Fsp3) is 0.211. The first-order valence-electron chi connectivity index (χ1n) is 8.36. The second-order valence-corrected chi connectivity index (χ2v) is 8.09. The summed E-state index contributed by atoms with van der Waals surface area (Å²) in [5.74, 6) is 1.15. The molecule has 0 saturated heterocycles. The van der Waals surface area contributed by atoms with Crippen molar-refractivity contribution in [3.63, 3.8) is 0 Å². The van der Waals surface area contributed by atoms with Crippen LogP contribution < -0.4 is 10.1 Å². The van der Waals surface area contributed by atoms with Gasteiger partial charge in [-0.15, -0.1) is 10.2 Å². The maximum atomic E-state index is 12.6. The third kappa shape index (κ3) is 4.43. The summed E-state index contributed by atoms with van der Waals surface area (Å²) in [7, 11) is 3.46. The molecular formula is C19H18Cl2N4O2S. The molecule has 0 bridgehead atoms. The highest BCUT2D eigenvalue weighted by Gasteiger charge is 2.21. The molecule has 0 radical (unpaired) electrons. The van der Waals surface area contributed by atoms with Crippen LogP contribution in [-0.2, 0) is 11.8 Å². The summed E-state index contributed by atoms with van der Waals surface area (Å²) in [6, 6.07) is 12.5. The Kier molecular flexibility index (Phi) is 6.49. The molecule has 1 N–H and O–H groups in total. The van der Waals surface area contributed by atoms with Crippen LogP contribution in [0.4, 0.5) is 5.69 Å². The summed E-state index contributed by atoms with van der Waals surface area (Å²) < 4.78 is 7.23. The number of nitrogens with one attached hydrogen (secondary N) is 1. The van der Waals surface area contributed by atoms with Crippen molar-refractivity contribution >= 4 is 46.6 Å². The second-order valence-electron chi connectivity index (χ2n) is 5.94. The van der Waals surface area contributed by atoms with E-state index >= 15 is 0 Å². The number of rotatable bonds is 6. The lowest BCUT2D eigenvalue weighted by molar-refractivity contribution is -0.115. The Morgan fingerprint density at radius 1 is 1.21 bits per heavy atom. The quantitative estimate of drug-likeness (QED) is 0.555. The molecular weight excluding hydrogens is 419 g/mol. The van der Waals surface area contributed by atoms with Gasteiger partial charge in [-0.05, 0) is 37.3 Å². The number of hydrogen-bond acceptors (Lipinski definition) is 5. The van der Waals surface area contributed by atoms with Gasteiger partial charge in [-0.2, -0.15) is 0 Å². The number of ether oxygens (including phenoxy) is 1. The molecule has 0 aliphatic heterocycles. The predicted octanol–water partition coefficient (Wildman–Crippen LogP) is 4.92. The van der Waals surface area contributed by atoms with Gasteiger partial charge in [-0.3, -0.25) is 4.79 Å². The van der Waals surface area contributed by atoms with Crippen LogP contribution in [0.25, 0.3) is 11.4 Å². The van der Waals surface area contributed by atoms with Crippen LogP contribution >= 0.6 is 35.0 Å². The van der Waals surface area contributed by atoms with Gasteiger partial charge < -0.3 is 14.6 Å². The number of para-hydroxylation sites is 1. The number of carbonyl (C=O) groups excluding carboxylic acids is 1. The van der Waals surface area contributed by atoms with E-state index in [0.29, 0.717) is 32.5 Å². The molecule has 1 amide bonds. The van der Waals surface area contributed by atoms with E-state index in [2.05, 4.69) is 15.5 Å². The van der Waals surface area contributed by atoms with Gasteiger partial charge in [0, 0.05) is 12.1 Å². The van der Waals surface area contributed by atoms with E-state index < -0.39 is 5.25 Å². The van der Waals surface area contributed by atoms with E-state index in [1.807, 2.05) is 35.9 Å². The Bertz CT molecular complexity index is 1010. The minimum Gasteiger partial charge on any atom is -0.496 e. The molecule has 3 rings (SSSR count). The number of amides is 1. The summed E-state index contributed by atoms with van der Waals surface area (Å²) in [5.41, 5.74) is 1.30. The maximum Gasteiger partial charge on any atom is 0.237 e. The van der Waals surface area contributed by atoms with Gasteiger partial charge in [0.1, 0.15) is 5.75 Å². The van der Waals surface area contributed by atoms with Crippen LogP contribution in [0.5, 0.6) is 5.75 Å². The van der Waals surface area contributed by atoms with Gasteiger partial charge in [-0.25, -0.2) is 0 Å². The number of hydrogen-bond donors (Lipinski definition) is 1. The van der Waals surface area contributed by atoms with E-state index in [9.17, 15) is 4.79 Å². The van der Waals surface area contributed by atoms with Crippen LogP contribution in [0.1, 0.15) is 6.92 Å². The lowest BCUT2D eigenvalue weighted by atomic mass is 10.2. The number of anilines is 1. The van der Waals surface area contributed by atoms with Crippen LogP contribution in [0.3, 0.4) is 0 Å². The second kappa shape index (κ2) is 8.86. The molecule has 0 saturated carbocycles. The first-order chi connectivity index (χ1) is 13.4. The van der Waals surface area contributed by atoms with Gasteiger partial charge in [0.05, 0.1) is 28.6 Å². The van der Waals surface area contributed by atoms with Gasteiger partial charge in [0.15, 0.2) is 11.0 Å². The fourth-order valence-electron chi connectivity index (χ4n) is 2.52. The number of carbonyl (C=O) groups is 1. The van der Waals surface area contributed by atoms with Crippen molar-refractivity contribution < 1.29 is 9.53 Å². The molecule has 1 heterocycles. The molecule has 146 valence electrons. The number of halogens is 2. The fourth-order valence-corrected chi connectivity index (χ4v) is 3.67. The van der Waals surface area contributed by atoms with Crippen molar-refractivity contribution in [2.45, 2.75) is 17.3 Å². The molecule has 28 heavy (non-hydrogen) atoms. The highest BCUT2D eigenvalue weighted by Crippen LogP contribution is 2.32. The van der Waals surface area contributed by atoms with Gasteiger partial charge in [-0.1, -0.05) is 47.1 Å². The first-order valence-corrected chi connectivity index (χ1v) is 9.99. The highest BCUT2D eigenvalue weighted by molar-refractivity contribution is 8.00. The molecule has 9 heteroatoms. The van der Waals surface area contributed by atoms with Crippen LogP contribution in [0, 0.1) is 0 Å². The minimum absolute atomic E-state index is 0.212. The van der Waals surface area contributed by atoms with Crippen molar-refractivity contribution in [2.24, 2.45) is 7.05 Å². The molecule has 2 aromatic carbocycles. The SMILES string of the molecule is COc1ccccc1-c1nnc(SC(C)C(=O)Nc2cc(Cl)ccc2Cl)n1C. The smallest absolute Gasteiger partial charge is 0.237 e. The normalized spacial score (nSPS) is 11.9. The van der Waals surface area contributed by atoms with Crippen molar-refractivity contribution in [3.8, 4) is 17.1 Å². The summed E-state index contributed by atoms with van der Waals surface area (Å²) in [4.78, 5) is 12.6. The summed E-state index contributed by atoms with van der Waals surface area (Å²) in [5, 5.41) is 12.4. The van der Waals surface area contributed by atoms with Crippen molar-refractivity contribution in [2.75, 3.05) is 12.4 Å². The monoisotopic (exact) mass is 436 g/mol. The van der Waals surface area contributed by atoms with E-state index in [-0.39, 0.29) is 5.91 Å². The Balaban J connectivity index is 1.76. The molecule has 0 aliphatic rings. The molecule has 0 aliphatic carbocycles. The molecule has 1 unspecified atom stereocenters. The number of nitrogens with zero attached hydrogens (tertiary/aromatic N) is 3.